The number of nitrogens with zero attached hydrogens (tertiary/aromatic N) is 1. The van der Waals surface area contributed by atoms with Crippen LogP contribution in [0.3, 0.4) is 0 Å². The molecule has 3 aliphatic heterocycles. The van der Waals surface area contributed by atoms with Crippen LogP contribution >= 0.6 is 0 Å². The van der Waals surface area contributed by atoms with Gasteiger partial charge in [-0.1, -0.05) is 48.5 Å². The van der Waals surface area contributed by atoms with Gasteiger partial charge in [-0.15, -0.1) is 0 Å². The van der Waals surface area contributed by atoms with E-state index in [1.54, 1.807) is 38.3 Å². The zero-order valence-corrected chi connectivity index (χ0v) is 25.0. The summed E-state index contributed by atoms with van der Waals surface area (Å²) in [5.41, 5.74) is 2.66. The minimum absolute atomic E-state index is 0.160. The van der Waals surface area contributed by atoms with Crippen LogP contribution in [0.2, 0.25) is 0 Å². The molecule has 0 aromatic heterocycles. The molecule has 0 radical (unpaired) electrons. The van der Waals surface area contributed by atoms with Crippen LogP contribution in [-0.4, -0.2) is 68.5 Å². The van der Waals surface area contributed by atoms with Crippen molar-refractivity contribution in [2.24, 2.45) is 0 Å². The van der Waals surface area contributed by atoms with E-state index in [1.165, 1.54) is 5.56 Å². The number of hydrogen-bond acceptors (Lipinski definition) is 8. The normalized spacial score (nSPS) is 21.6. The second kappa shape index (κ2) is 13.1. The number of methoxy groups -OCH3 is 1. The molecule has 6 rings (SSSR count). The SMILES string of the molecule is CCOC(=O)C1=C(C(=O)Nc2ccc(OC)cc2)C2C=CC1(C(Nc1ccccc1)c1ccc(CN3CCOCC3)cc1)O2. The predicted molar refractivity (Wildman–Crippen MR) is 167 cm³/mol. The Morgan fingerprint density at radius 1 is 0.977 bits per heavy atom. The lowest BCUT2D eigenvalue weighted by Gasteiger charge is -2.36. The van der Waals surface area contributed by atoms with Gasteiger partial charge in [-0.3, -0.25) is 9.69 Å². The Morgan fingerprint density at radius 2 is 1.70 bits per heavy atom. The van der Waals surface area contributed by atoms with E-state index in [2.05, 4.69) is 39.8 Å². The number of anilines is 2. The van der Waals surface area contributed by atoms with Crippen molar-refractivity contribution < 1.29 is 28.5 Å². The highest BCUT2D eigenvalue weighted by atomic mass is 16.5. The number of esters is 1. The van der Waals surface area contributed by atoms with Gasteiger partial charge in [0.2, 0.25) is 0 Å². The maximum atomic E-state index is 13.8. The molecule has 3 aromatic rings. The molecule has 0 aliphatic carbocycles. The summed E-state index contributed by atoms with van der Waals surface area (Å²) in [6.45, 7) is 6.02. The second-order valence-corrected chi connectivity index (χ2v) is 11.0. The molecule has 2 bridgehead atoms. The fourth-order valence-corrected chi connectivity index (χ4v) is 6.04. The predicted octanol–water partition coefficient (Wildman–Crippen LogP) is 4.89. The summed E-state index contributed by atoms with van der Waals surface area (Å²) >= 11 is 0. The molecule has 2 N–H and O–H groups in total. The van der Waals surface area contributed by atoms with Crippen LogP contribution in [0.4, 0.5) is 11.4 Å². The summed E-state index contributed by atoms with van der Waals surface area (Å²) < 4.78 is 22.9. The zero-order chi connectivity index (χ0) is 30.5. The van der Waals surface area contributed by atoms with Gasteiger partial charge in [-0.05, 0) is 60.5 Å². The van der Waals surface area contributed by atoms with Gasteiger partial charge in [0.25, 0.3) is 5.91 Å². The van der Waals surface area contributed by atoms with Gasteiger partial charge in [0.1, 0.15) is 17.5 Å². The standard InChI is InChI=1S/C35H37N3O6/c1-3-43-34(40)31-30(33(39)37-27-13-15-28(41-2)16-14-27)29-17-18-35(31,44-29)32(36-26-7-5-4-6-8-26)25-11-9-24(10-12-25)23-38-19-21-42-22-20-38/h4-18,29,32,36H,3,19-23H2,1-2H3,(H,37,39). The van der Waals surface area contributed by atoms with Crippen LogP contribution in [0.5, 0.6) is 5.75 Å². The molecule has 228 valence electrons. The third-order valence-corrected chi connectivity index (χ3v) is 8.19. The average molecular weight is 596 g/mol. The summed E-state index contributed by atoms with van der Waals surface area (Å²) in [4.78, 5) is 29.9. The van der Waals surface area contributed by atoms with Crippen LogP contribution in [0.1, 0.15) is 24.1 Å². The van der Waals surface area contributed by atoms with E-state index >= 15 is 0 Å². The summed E-state index contributed by atoms with van der Waals surface area (Å²) in [5, 5.41) is 6.55. The number of ether oxygens (including phenoxy) is 4. The number of amides is 1. The van der Waals surface area contributed by atoms with E-state index in [0.717, 1.165) is 44.1 Å². The molecule has 9 nitrogen and oxygen atoms in total. The summed E-state index contributed by atoms with van der Waals surface area (Å²) in [6, 6.07) is 24.6. The molecule has 1 amide bonds. The summed E-state index contributed by atoms with van der Waals surface area (Å²) in [7, 11) is 1.58. The van der Waals surface area contributed by atoms with Crippen molar-refractivity contribution in [1.29, 1.82) is 0 Å². The van der Waals surface area contributed by atoms with Crippen molar-refractivity contribution in [3.8, 4) is 5.75 Å². The van der Waals surface area contributed by atoms with Crippen molar-refractivity contribution in [2.45, 2.75) is 31.2 Å². The minimum Gasteiger partial charge on any atom is -0.497 e. The van der Waals surface area contributed by atoms with Crippen molar-refractivity contribution in [3.05, 3.63) is 113 Å². The monoisotopic (exact) mass is 595 g/mol. The first-order valence-corrected chi connectivity index (χ1v) is 15.0. The molecule has 3 heterocycles. The third-order valence-electron chi connectivity index (χ3n) is 8.19. The van der Waals surface area contributed by atoms with Crippen LogP contribution in [0, 0.1) is 0 Å². The van der Waals surface area contributed by atoms with Gasteiger partial charge in [0.15, 0.2) is 0 Å². The number of morpholine rings is 1. The number of carbonyl (C=O) groups excluding carboxylic acids is 2. The van der Waals surface area contributed by atoms with Gasteiger partial charge < -0.3 is 29.6 Å². The van der Waals surface area contributed by atoms with Crippen molar-refractivity contribution in [1.82, 2.24) is 4.90 Å². The first-order valence-electron chi connectivity index (χ1n) is 15.0. The van der Waals surface area contributed by atoms with E-state index < -0.39 is 29.6 Å². The Labute approximate surface area is 257 Å². The zero-order valence-electron chi connectivity index (χ0n) is 25.0. The maximum Gasteiger partial charge on any atom is 0.337 e. The molecule has 3 unspecified atom stereocenters. The first kappa shape index (κ1) is 29.6. The number of carbonyl (C=O) groups is 2. The van der Waals surface area contributed by atoms with Gasteiger partial charge >= 0.3 is 5.97 Å². The van der Waals surface area contributed by atoms with Gasteiger partial charge in [0, 0.05) is 31.0 Å². The molecule has 1 fully saturated rings. The number of benzene rings is 3. The third kappa shape index (κ3) is 5.99. The van der Waals surface area contributed by atoms with Crippen LogP contribution in [-0.2, 0) is 30.3 Å². The van der Waals surface area contributed by atoms with E-state index in [4.69, 9.17) is 18.9 Å². The van der Waals surface area contributed by atoms with E-state index in [1.807, 2.05) is 42.5 Å². The summed E-state index contributed by atoms with van der Waals surface area (Å²) in [6.07, 6.45) is 3.02. The molecule has 1 saturated heterocycles. The first-order chi connectivity index (χ1) is 21.5. The Bertz CT molecular complexity index is 1530. The van der Waals surface area contributed by atoms with Crippen LogP contribution in [0.15, 0.2) is 102 Å². The number of hydrogen-bond donors (Lipinski definition) is 2. The van der Waals surface area contributed by atoms with Crippen molar-refractivity contribution >= 4 is 23.3 Å². The lowest BCUT2D eigenvalue weighted by atomic mass is 9.78. The Balaban J connectivity index is 1.38. The summed E-state index contributed by atoms with van der Waals surface area (Å²) in [5.74, 6) is -0.331. The molecule has 0 spiro atoms. The number of nitrogens with one attached hydrogen (secondary N) is 2. The van der Waals surface area contributed by atoms with E-state index in [-0.39, 0.29) is 17.8 Å². The quantitative estimate of drug-likeness (QED) is 0.239. The fraction of sp³-hybridized carbons (Fsp3) is 0.314. The molecule has 3 aliphatic rings. The lowest BCUT2D eigenvalue weighted by Crippen LogP contribution is -2.42. The highest BCUT2D eigenvalue weighted by molar-refractivity contribution is 6.12. The van der Waals surface area contributed by atoms with Crippen molar-refractivity contribution in [2.75, 3.05) is 50.7 Å². The highest BCUT2D eigenvalue weighted by Gasteiger charge is 2.58. The molecular weight excluding hydrogens is 558 g/mol. The van der Waals surface area contributed by atoms with Crippen LogP contribution in [0.25, 0.3) is 0 Å². The topological polar surface area (TPSA) is 98.4 Å². The van der Waals surface area contributed by atoms with E-state index in [9.17, 15) is 9.59 Å². The number of para-hydroxylation sites is 1. The van der Waals surface area contributed by atoms with Crippen molar-refractivity contribution in [3.63, 3.8) is 0 Å². The minimum atomic E-state index is -1.29. The average Bonchev–Trinajstić information content (AvgIpc) is 3.64. The van der Waals surface area contributed by atoms with Gasteiger partial charge in [0.05, 0.1) is 44.1 Å². The van der Waals surface area contributed by atoms with Gasteiger partial charge in [-0.25, -0.2) is 4.79 Å². The molecule has 3 atom stereocenters. The smallest absolute Gasteiger partial charge is 0.337 e. The molecule has 3 aromatic carbocycles. The van der Waals surface area contributed by atoms with Crippen LogP contribution < -0.4 is 15.4 Å². The molecule has 9 heteroatoms. The highest BCUT2D eigenvalue weighted by Crippen LogP contribution is 2.51. The Morgan fingerprint density at radius 3 is 2.39 bits per heavy atom. The number of rotatable bonds is 11. The van der Waals surface area contributed by atoms with E-state index in [0.29, 0.717) is 11.4 Å². The molecule has 44 heavy (non-hydrogen) atoms. The largest absolute Gasteiger partial charge is 0.497 e. The Hall–Kier alpha value is -4.44. The molecule has 0 saturated carbocycles. The lowest BCUT2D eigenvalue weighted by molar-refractivity contribution is -0.140. The fourth-order valence-electron chi connectivity index (χ4n) is 6.04. The second-order valence-electron chi connectivity index (χ2n) is 11.0. The number of fused-ring (bicyclic) bond motifs is 2. The van der Waals surface area contributed by atoms with Gasteiger partial charge in [-0.2, -0.15) is 0 Å². The molecular formula is C35H37N3O6. The maximum absolute atomic E-state index is 13.8. The Kier molecular flexibility index (Phi) is 8.79.